The molecule has 35 heavy (non-hydrogen) atoms. The second kappa shape index (κ2) is 8.55. The molecule has 1 aliphatic heterocycles. The molecule has 1 aliphatic rings. The van der Waals surface area contributed by atoms with Gasteiger partial charge in [0.25, 0.3) is 0 Å². The second-order valence-electron chi connectivity index (χ2n) is 9.07. The highest BCUT2D eigenvalue weighted by molar-refractivity contribution is 5.89. The summed E-state index contributed by atoms with van der Waals surface area (Å²) in [6, 6.07) is 10.9. The number of aromatic amines is 1. The molecule has 1 aromatic carbocycles. The van der Waals surface area contributed by atoms with Crippen molar-refractivity contribution in [3.8, 4) is 17.3 Å². The van der Waals surface area contributed by atoms with Gasteiger partial charge in [-0.25, -0.2) is 14.5 Å². The van der Waals surface area contributed by atoms with E-state index < -0.39 is 0 Å². The number of piperazine rings is 1. The summed E-state index contributed by atoms with van der Waals surface area (Å²) in [5.41, 5.74) is 4.17. The Kier molecular flexibility index (Phi) is 5.22. The minimum absolute atomic E-state index is 0.103. The van der Waals surface area contributed by atoms with Gasteiger partial charge in [0.2, 0.25) is 0 Å². The largest absolute Gasteiger partial charge is 0.494 e. The molecule has 10 heteroatoms. The zero-order chi connectivity index (χ0) is 23.9. The Bertz CT molecular complexity index is 1480. The molecule has 5 heterocycles. The number of hydrogen-bond donors (Lipinski definition) is 3. The highest BCUT2D eigenvalue weighted by Crippen LogP contribution is 2.29. The topological polar surface area (TPSA) is 110 Å². The van der Waals surface area contributed by atoms with E-state index in [-0.39, 0.29) is 5.88 Å². The smallest absolute Gasteiger partial charge is 0.199 e. The third-order valence-electron chi connectivity index (χ3n) is 6.66. The number of aromatic hydroxyl groups is 1. The van der Waals surface area contributed by atoms with Gasteiger partial charge in [-0.2, -0.15) is 5.10 Å². The summed E-state index contributed by atoms with van der Waals surface area (Å²) in [6.07, 6.45) is 6.61. The number of aromatic nitrogens is 6. The lowest BCUT2D eigenvalue weighted by atomic mass is 10.2. The van der Waals surface area contributed by atoms with E-state index in [4.69, 9.17) is 0 Å². The van der Waals surface area contributed by atoms with Gasteiger partial charge in [-0.1, -0.05) is 0 Å². The van der Waals surface area contributed by atoms with Crippen molar-refractivity contribution in [2.24, 2.45) is 0 Å². The number of hydrogen-bond acceptors (Lipinski definition) is 8. The molecule has 0 spiro atoms. The molecule has 4 aromatic heterocycles. The second-order valence-corrected chi connectivity index (χ2v) is 9.07. The number of nitrogens with zero attached hydrogens (tertiary/aromatic N) is 7. The Morgan fingerprint density at radius 1 is 1.00 bits per heavy atom. The van der Waals surface area contributed by atoms with Crippen molar-refractivity contribution in [3.05, 3.63) is 55.2 Å². The Morgan fingerprint density at radius 3 is 2.57 bits per heavy atom. The van der Waals surface area contributed by atoms with Crippen LogP contribution in [0.2, 0.25) is 0 Å². The van der Waals surface area contributed by atoms with Crippen LogP contribution in [0.15, 0.2) is 55.2 Å². The SMILES string of the molecule is CC(C)N1CCN(c2ccc(Nc3ncc(-c4cc5c[nH]c(O)c5cn4)n4ncnc34)cc2)CC1. The third kappa shape index (κ3) is 3.91. The first-order valence-corrected chi connectivity index (χ1v) is 11.8. The maximum Gasteiger partial charge on any atom is 0.199 e. The molecule has 1 fully saturated rings. The summed E-state index contributed by atoms with van der Waals surface area (Å²) in [5, 5.41) is 19.2. The molecule has 0 aliphatic carbocycles. The summed E-state index contributed by atoms with van der Waals surface area (Å²) in [5.74, 6) is 0.719. The molecule has 3 N–H and O–H groups in total. The van der Waals surface area contributed by atoms with Crippen LogP contribution in [-0.4, -0.2) is 71.8 Å². The lowest BCUT2D eigenvalue weighted by Gasteiger charge is -2.38. The first-order valence-electron chi connectivity index (χ1n) is 11.8. The van der Waals surface area contributed by atoms with Crippen molar-refractivity contribution in [1.29, 1.82) is 0 Å². The van der Waals surface area contributed by atoms with Crippen LogP contribution in [0.25, 0.3) is 27.8 Å². The number of nitrogens with one attached hydrogen (secondary N) is 2. The van der Waals surface area contributed by atoms with Crippen molar-refractivity contribution >= 4 is 33.6 Å². The fourth-order valence-corrected chi connectivity index (χ4v) is 4.62. The number of benzene rings is 1. The number of rotatable bonds is 5. The van der Waals surface area contributed by atoms with Gasteiger partial charge in [0, 0.05) is 61.4 Å². The molecule has 0 amide bonds. The van der Waals surface area contributed by atoms with E-state index in [1.807, 2.05) is 6.07 Å². The molecule has 0 atom stereocenters. The van der Waals surface area contributed by atoms with Crippen LogP contribution in [0.4, 0.5) is 17.2 Å². The number of H-pyrrole nitrogens is 1. The van der Waals surface area contributed by atoms with E-state index in [9.17, 15) is 5.11 Å². The van der Waals surface area contributed by atoms with Crippen LogP contribution in [0, 0.1) is 0 Å². The molecule has 178 valence electrons. The highest BCUT2D eigenvalue weighted by Gasteiger charge is 2.19. The quantitative estimate of drug-likeness (QED) is 0.358. The molecule has 0 bridgehead atoms. The normalized spacial score (nSPS) is 14.9. The molecular weight excluding hydrogens is 442 g/mol. The van der Waals surface area contributed by atoms with Crippen LogP contribution in [0.3, 0.4) is 0 Å². The van der Waals surface area contributed by atoms with Gasteiger partial charge in [-0.05, 0) is 44.2 Å². The average Bonchev–Trinajstić information content (AvgIpc) is 3.52. The first-order chi connectivity index (χ1) is 17.1. The van der Waals surface area contributed by atoms with Crippen molar-refractivity contribution in [2.75, 3.05) is 36.4 Å². The monoisotopic (exact) mass is 469 g/mol. The molecule has 6 rings (SSSR count). The van der Waals surface area contributed by atoms with Gasteiger partial charge in [-0.3, -0.25) is 9.88 Å². The Hall–Kier alpha value is -4.18. The van der Waals surface area contributed by atoms with Gasteiger partial charge < -0.3 is 20.3 Å². The Labute approximate surface area is 202 Å². The van der Waals surface area contributed by atoms with Crippen molar-refractivity contribution in [3.63, 3.8) is 0 Å². The average molecular weight is 470 g/mol. The van der Waals surface area contributed by atoms with Crippen LogP contribution >= 0.6 is 0 Å². The summed E-state index contributed by atoms with van der Waals surface area (Å²) in [6.45, 7) is 8.77. The van der Waals surface area contributed by atoms with E-state index in [2.05, 4.69) is 78.3 Å². The highest BCUT2D eigenvalue weighted by atomic mass is 16.3. The van der Waals surface area contributed by atoms with E-state index in [1.165, 1.54) is 12.0 Å². The van der Waals surface area contributed by atoms with Crippen LogP contribution in [0.1, 0.15) is 13.8 Å². The maximum atomic E-state index is 9.86. The summed E-state index contributed by atoms with van der Waals surface area (Å²) >= 11 is 0. The molecule has 10 nitrogen and oxygen atoms in total. The number of fused-ring (bicyclic) bond motifs is 2. The van der Waals surface area contributed by atoms with Crippen LogP contribution in [0.5, 0.6) is 5.88 Å². The van der Waals surface area contributed by atoms with E-state index in [0.717, 1.165) is 37.3 Å². The van der Waals surface area contributed by atoms with E-state index in [0.29, 0.717) is 34.3 Å². The number of anilines is 3. The van der Waals surface area contributed by atoms with Crippen LogP contribution in [-0.2, 0) is 0 Å². The molecule has 5 aromatic rings. The van der Waals surface area contributed by atoms with E-state index in [1.54, 1.807) is 23.1 Å². The summed E-state index contributed by atoms with van der Waals surface area (Å²) in [4.78, 5) is 21.3. The first kappa shape index (κ1) is 21.4. The predicted molar refractivity (Wildman–Crippen MR) is 136 cm³/mol. The zero-order valence-corrected chi connectivity index (χ0v) is 19.7. The van der Waals surface area contributed by atoms with Crippen molar-refractivity contribution < 1.29 is 5.11 Å². The van der Waals surface area contributed by atoms with Gasteiger partial charge in [0.1, 0.15) is 12.0 Å². The van der Waals surface area contributed by atoms with Crippen molar-refractivity contribution in [2.45, 2.75) is 19.9 Å². The van der Waals surface area contributed by atoms with Crippen molar-refractivity contribution in [1.82, 2.24) is 34.4 Å². The Morgan fingerprint density at radius 2 is 1.80 bits per heavy atom. The molecule has 0 unspecified atom stereocenters. The fraction of sp³-hybridized carbons (Fsp3) is 0.280. The molecule has 0 radical (unpaired) electrons. The van der Waals surface area contributed by atoms with Gasteiger partial charge >= 0.3 is 0 Å². The minimum Gasteiger partial charge on any atom is -0.494 e. The third-order valence-corrected chi connectivity index (χ3v) is 6.66. The van der Waals surface area contributed by atoms with Crippen LogP contribution < -0.4 is 10.2 Å². The molecular formula is C25H27N9O. The fourth-order valence-electron chi connectivity index (χ4n) is 4.62. The van der Waals surface area contributed by atoms with Gasteiger partial charge in [-0.15, -0.1) is 0 Å². The molecule has 0 saturated carbocycles. The number of pyridine rings is 1. The minimum atomic E-state index is 0.103. The summed E-state index contributed by atoms with van der Waals surface area (Å²) < 4.78 is 1.72. The van der Waals surface area contributed by atoms with Gasteiger partial charge in [0.05, 0.1) is 17.3 Å². The summed E-state index contributed by atoms with van der Waals surface area (Å²) in [7, 11) is 0. The molecule has 1 saturated heterocycles. The van der Waals surface area contributed by atoms with E-state index >= 15 is 0 Å². The van der Waals surface area contributed by atoms with Gasteiger partial charge in [0.15, 0.2) is 17.3 Å². The standard InChI is InChI=1S/C25H27N9O/c1-16(2)32-7-9-33(10-8-32)19-5-3-18(4-6-19)31-23-24-29-15-30-34(24)22(14-27-23)21-11-17-12-28-25(35)20(17)13-26-21/h3-6,11-16,28,35H,7-10H2,1-2H3,(H,27,31). The predicted octanol–water partition coefficient (Wildman–Crippen LogP) is 3.65. The maximum absolute atomic E-state index is 9.86. The lowest BCUT2D eigenvalue weighted by molar-refractivity contribution is 0.209. The lowest BCUT2D eigenvalue weighted by Crippen LogP contribution is -2.48. The Balaban J connectivity index is 1.23. The zero-order valence-electron chi connectivity index (χ0n) is 19.7.